The fourth-order valence-corrected chi connectivity index (χ4v) is 1.75. The maximum atomic E-state index is 11.5. The van der Waals surface area contributed by atoms with Gasteiger partial charge in [0.2, 0.25) is 0 Å². The molecule has 0 radical (unpaired) electrons. The highest BCUT2D eigenvalue weighted by Gasteiger charge is 2.30. The lowest BCUT2D eigenvalue weighted by atomic mass is 9.92. The molecule has 1 aliphatic rings. The van der Waals surface area contributed by atoms with Crippen molar-refractivity contribution in [2.75, 3.05) is 0 Å². The van der Waals surface area contributed by atoms with E-state index in [1.54, 1.807) is 0 Å². The maximum absolute atomic E-state index is 11.5. The molecule has 2 rings (SSSR count). The van der Waals surface area contributed by atoms with E-state index >= 15 is 0 Å². The lowest BCUT2D eigenvalue weighted by Gasteiger charge is -2.16. The quantitative estimate of drug-likeness (QED) is 0.649. The lowest BCUT2D eigenvalue weighted by molar-refractivity contribution is 0.0958. The van der Waals surface area contributed by atoms with Gasteiger partial charge in [-0.3, -0.25) is 4.79 Å². The number of nitrogens with one attached hydrogen (secondary N) is 2. The third-order valence-corrected chi connectivity index (χ3v) is 2.68. The summed E-state index contributed by atoms with van der Waals surface area (Å²) in [5.74, 6) is 0.0410. The van der Waals surface area contributed by atoms with Crippen LogP contribution in [0.1, 0.15) is 55.5 Å². The molecule has 1 unspecified atom stereocenters. The molecule has 2 heterocycles. The van der Waals surface area contributed by atoms with Crippen molar-refractivity contribution in [2.24, 2.45) is 0 Å². The zero-order valence-corrected chi connectivity index (χ0v) is 9.06. The van der Waals surface area contributed by atoms with Crippen LogP contribution in [0.25, 0.3) is 0 Å². The Kier molecular flexibility index (Phi) is 1.74. The molecule has 0 saturated carbocycles. The monoisotopic (exact) mass is 192 g/mol. The molecule has 0 fully saturated rings. The van der Waals surface area contributed by atoms with Gasteiger partial charge in [0.1, 0.15) is 0 Å². The second kappa shape index (κ2) is 2.62. The van der Waals surface area contributed by atoms with E-state index in [0.29, 0.717) is 0 Å². The molecule has 3 heteroatoms. The molecule has 2 N–H and O–H groups in total. The molecular formula is C11H16N2O. The van der Waals surface area contributed by atoms with Crippen LogP contribution in [-0.4, -0.2) is 10.9 Å². The minimum atomic E-state index is 0.0410. The maximum Gasteiger partial charge on any atom is 0.253 e. The molecule has 1 aliphatic heterocycles. The van der Waals surface area contributed by atoms with Crippen molar-refractivity contribution in [3.8, 4) is 0 Å². The van der Waals surface area contributed by atoms with E-state index in [1.807, 2.05) is 13.0 Å². The van der Waals surface area contributed by atoms with Crippen molar-refractivity contribution >= 4 is 5.91 Å². The molecule has 0 aromatic carbocycles. The molecule has 1 amide bonds. The predicted octanol–water partition coefficient (Wildman–Crippen LogP) is 2.12. The standard InChI is InChI=1S/C11H16N2O/c1-6-9-7(10(14)12-6)5-8(13-9)11(2,3)4/h5-6,13H,1-4H3,(H,12,14). The van der Waals surface area contributed by atoms with E-state index in [-0.39, 0.29) is 17.4 Å². The molecule has 14 heavy (non-hydrogen) atoms. The van der Waals surface area contributed by atoms with Crippen molar-refractivity contribution in [1.82, 2.24) is 10.3 Å². The van der Waals surface area contributed by atoms with Crippen LogP contribution in [0.3, 0.4) is 0 Å². The summed E-state index contributed by atoms with van der Waals surface area (Å²) in [6, 6.07) is 2.09. The minimum absolute atomic E-state index is 0.0410. The Morgan fingerprint density at radius 1 is 1.36 bits per heavy atom. The van der Waals surface area contributed by atoms with Gasteiger partial charge >= 0.3 is 0 Å². The van der Waals surface area contributed by atoms with E-state index in [4.69, 9.17) is 0 Å². The number of hydrogen-bond donors (Lipinski definition) is 2. The number of fused-ring (bicyclic) bond motifs is 1. The predicted molar refractivity (Wildman–Crippen MR) is 55.4 cm³/mol. The average molecular weight is 192 g/mol. The summed E-state index contributed by atoms with van der Waals surface area (Å²) in [6.45, 7) is 8.40. The summed E-state index contributed by atoms with van der Waals surface area (Å²) in [6.07, 6.45) is 0. The molecule has 0 aliphatic carbocycles. The third-order valence-electron chi connectivity index (χ3n) is 2.68. The van der Waals surface area contributed by atoms with Crippen LogP contribution in [0.5, 0.6) is 0 Å². The molecule has 1 aromatic heterocycles. The fraction of sp³-hybridized carbons (Fsp3) is 0.545. The van der Waals surface area contributed by atoms with Gasteiger partial charge in [-0.15, -0.1) is 0 Å². The second-order valence-corrected chi connectivity index (χ2v) is 4.96. The molecule has 0 spiro atoms. The van der Waals surface area contributed by atoms with Crippen LogP contribution >= 0.6 is 0 Å². The van der Waals surface area contributed by atoms with Crippen LogP contribution in [-0.2, 0) is 5.41 Å². The van der Waals surface area contributed by atoms with Crippen molar-refractivity contribution in [2.45, 2.75) is 39.2 Å². The van der Waals surface area contributed by atoms with E-state index < -0.39 is 0 Å². The Balaban J connectivity index is 2.49. The first-order chi connectivity index (χ1) is 6.39. The molecular weight excluding hydrogens is 176 g/mol. The Bertz CT molecular complexity index is 384. The molecule has 0 bridgehead atoms. The number of hydrogen-bond acceptors (Lipinski definition) is 1. The van der Waals surface area contributed by atoms with E-state index in [9.17, 15) is 4.79 Å². The first kappa shape index (κ1) is 9.31. The van der Waals surface area contributed by atoms with Gasteiger partial charge in [-0.2, -0.15) is 0 Å². The van der Waals surface area contributed by atoms with Crippen LogP contribution in [0.4, 0.5) is 0 Å². The zero-order chi connectivity index (χ0) is 10.5. The van der Waals surface area contributed by atoms with Gasteiger partial charge in [0.15, 0.2) is 0 Å². The van der Waals surface area contributed by atoms with E-state index in [2.05, 4.69) is 31.1 Å². The number of aromatic amines is 1. The first-order valence-electron chi connectivity index (χ1n) is 4.94. The molecule has 0 saturated heterocycles. The summed E-state index contributed by atoms with van der Waals surface area (Å²) in [7, 11) is 0. The Morgan fingerprint density at radius 2 is 2.00 bits per heavy atom. The normalized spacial score (nSPS) is 20.9. The summed E-state index contributed by atoms with van der Waals surface area (Å²) >= 11 is 0. The highest BCUT2D eigenvalue weighted by molar-refractivity contribution is 5.99. The number of carbonyl (C=O) groups excluding carboxylic acids is 1. The van der Waals surface area contributed by atoms with Gasteiger partial charge in [-0.05, 0) is 13.0 Å². The number of carbonyl (C=O) groups is 1. The van der Waals surface area contributed by atoms with Gasteiger partial charge < -0.3 is 10.3 Å². The minimum Gasteiger partial charge on any atom is -0.359 e. The van der Waals surface area contributed by atoms with Crippen LogP contribution < -0.4 is 5.32 Å². The zero-order valence-electron chi connectivity index (χ0n) is 9.06. The number of amides is 1. The molecule has 1 atom stereocenters. The molecule has 76 valence electrons. The topological polar surface area (TPSA) is 44.9 Å². The average Bonchev–Trinajstić information content (AvgIpc) is 2.53. The van der Waals surface area contributed by atoms with Gasteiger partial charge in [0.05, 0.1) is 17.3 Å². The molecule has 3 nitrogen and oxygen atoms in total. The third kappa shape index (κ3) is 1.24. The van der Waals surface area contributed by atoms with Crippen LogP contribution in [0, 0.1) is 0 Å². The van der Waals surface area contributed by atoms with E-state index in [1.165, 1.54) is 0 Å². The van der Waals surface area contributed by atoms with Crippen LogP contribution in [0.15, 0.2) is 6.07 Å². The number of H-pyrrole nitrogens is 1. The second-order valence-electron chi connectivity index (χ2n) is 4.96. The SMILES string of the molecule is CC1NC(=O)c2cc(C(C)(C)C)[nH]c21. The van der Waals surface area contributed by atoms with Crippen LogP contribution in [0.2, 0.25) is 0 Å². The first-order valence-corrected chi connectivity index (χ1v) is 4.94. The van der Waals surface area contributed by atoms with Gasteiger partial charge in [-0.25, -0.2) is 0 Å². The summed E-state index contributed by atoms with van der Waals surface area (Å²) < 4.78 is 0. The van der Waals surface area contributed by atoms with Gasteiger partial charge in [0, 0.05) is 11.1 Å². The number of aromatic nitrogens is 1. The van der Waals surface area contributed by atoms with Crippen molar-refractivity contribution in [3.63, 3.8) is 0 Å². The van der Waals surface area contributed by atoms with Gasteiger partial charge in [-0.1, -0.05) is 20.8 Å². The summed E-state index contributed by atoms with van der Waals surface area (Å²) in [5, 5.41) is 2.87. The van der Waals surface area contributed by atoms with Gasteiger partial charge in [0.25, 0.3) is 5.91 Å². The molecule has 1 aromatic rings. The van der Waals surface area contributed by atoms with Crippen molar-refractivity contribution < 1.29 is 4.79 Å². The van der Waals surface area contributed by atoms with Crippen molar-refractivity contribution in [3.05, 3.63) is 23.0 Å². The highest BCUT2D eigenvalue weighted by atomic mass is 16.2. The number of rotatable bonds is 0. The smallest absolute Gasteiger partial charge is 0.253 e. The highest BCUT2D eigenvalue weighted by Crippen LogP contribution is 2.30. The summed E-state index contributed by atoms with van der Waals surface area (Å²) in [5.41, 5.74) is 3.04. The Hall–Kier alpha value is -1.25. The summed E-state index contributed by atoms with van der Waals surface area (Å²) in [4.78, 5) is 14.8. The Labute approximate surface area is 83.9 Å². The van der Waals surface area contributed by atoms with Crippen molar-refractivity contribution in [1.29, 1.82) is 0 Å². The van der Waals surface area contributed by atoms with E-state index in [0.717, 1.165) is 17.0 Å². The lowest BCUT2D eigenvalue weighted by Crippen LogP contribution is -2.19. The Morgan fingerprint density at radius 3 is 2.50 bits per heavy atom. The fourth-order valence-electron chi connectivity index (χ4n) is 1.75. The largest absolute Gasteiger partial charge is 0.359 e.